The number of hydrogen-bond acceptors (Lipinski definition) is 2. The van der Waals surface area contributed by atoms with Crippen LogP contribution in [0, 0.1) is 5.92 Å². The molecule has 1 aromatic carbocycles. The van der Waals surface area contributed by atoms with Crippen molar-refractivity contribution in [2.24, 2.45) is 5.92 Å². The standard InChI is InChI=1S/C14H19BrN2/c15-13-3-1-11(2-4-13)9-17-8-6-14-12(10-17)5-7-16-14/h1-4,12,14,16H,5-10H2. The van der Waals surface area contributed by atoms with Crippen LogP contribution >= 0.6 is 15.9 Å². The second-order valence-electron chi connectivity index (χ2n) is 5.26. The molecule has 1 aromatic rings. The van der Waals surface area contributed by atoms with E-state index in [1.807, 2.05) is 0 Å². The number of likely N-dealkylation sites (tertiary alicyclic amines) is 1. The molecular weight excluding hydrogens is 276 g/mol. The van der Waals surface area contributed by atoms with E-state index in [1.165, 1.54) is 42.5 Å². The minimum absolute atomic E-state index is 0.802. The molecule has 17 heavy (non-hydrogen) atoms. The van der Waals surface area contributed by atoms with Gasteiger partial charge in [0.15, 0.2) is 0 Å². The molecule has 3 heteroatoms. The Kier molecular flexibility index (Phi) is 3.50. The Labute approximate surface area is 112 Å². The summed E-state index contributed by atoms with van der Waals surface area (Å²) in [4.78, 5) is 2.61. The smallest absolute Gasteiger partial charge is 0.0233 e. The first-order chi connectivity index (χ1) is 8.31. The van der Waals surface area contributed by atoms with Crippen LogP contribution in [0.3, 0.4) is 0 Å². The molecule has 2 atom stereocenters. The third-order valence-electron chi connectivity index (χ3n) is 4.06. The normalized spacial score (nSPS) is 29.2. The lowest BCUT2D eigenvalue weighted by Gasteiger charge is -2.34. The maximum atomic E-state index is 3.62. The zero-order valence-electron chi connectivity index (χ0n) is 10.0. The van der Waals surface area contributed by atoms with Gasteiger partial charge in [0, 0.05) is 23.6 Å². The molecule has 2 heterocycles. The van der Waals surface area contributed by atoms with Crippen molar-refractivity contribution in [1.82, 2.24) is 10.2 Å². The number of piperidine rings is 1. The summed E-state index contributed by atoms with van der Waals surface area (Å²) < 4.78 is 1.17. The van der Waals surface area contributed by atoms with E-state index >= 15 is 0 Å². The summed E-state index contributed by atoms with van der Waals surface area (Å²) in [5.74, 6) is 0.888. The number of hydrogen-bond donors (Lipinski definition) is 1. The van der Waals surface area contributed by atoms with Gasteiger partial charge < -0.3 is 5.32 Å². The van der Waals surface area contributed by atoms with E-state index in [2.05, 4.69) is 50.4 Å². The molecular formula is C14H19BrN2. The fraction of sp³-hybridized carbons (Fsp3) is 0.571. The minimum Gasteiger partial charge on any atom is -0.314 e. The zero-order chi connectivity index (χ0) is 11.7. The van der Waals surface area contributed by atoms with Crippen LogP contribution in [-0.2, 0) is 6.54 Å². The fourth-order valence-corrected chi connectivity index (χ4v) is 3.38. The highest BCUT2D eigenvalue weighted by Gasteiger charge is 2.32. The molecule has 0 radical (unpaired) electrons. The fourth-order valence-electron chi connectivity index (χ4n) is 3.11. The van der Waals surface area contributed by atoms with Crippen molar-refractivity contribution in [3.63, 3.8) is 0 Å². The average Bonchev–Trinajstić information content (AvgIpc) is 2.79. The second-order valence-corrected chi connectivity index (χ2v) is 6.18. The van der Waals surface area contributed by atoms with E-state index in [0.29, 0.717) is 0 Å². The maximum absolute atomic E-state index is 3.62. The van der Waals surface area contributed by atoms with Gasteiger partial charge >= 0.3 is 0 Å². The number of halogens is 1. The lowest BCUT2D eigenvalue weighted by molar-refractivity contribution is 0.156. The van der Waals surface area contributed by atoms with Crippen LogP contribution < -0.4 is 5.32 Å². The number of nitrogens with one attached hydrogen (secondary N) is 1. The lowest BCUT2D eigenvalue weighted by Crippen LogP contribution is -2.43. The van der Waals surface area contributed by atoms with Crippen molar-refractivity contribution in [2.75, 3.05) is 19.6 Å². The van der Waals surface area contributed by atoms with Gasteiger partial charge in [-0.15, -0.1) is 0 Å². The molecule has 2 unspecified atom stereocenters. The van der Waals surface area contributed by atoms with Gasteiger partial charge in [-0.2, -0.15) is 0 Å². The highest BCUT2D eigenvalue weighted by atomic mass is 79.9. The number of nitrogens with zero attached hydrogens (tertiary/aromatic N) is 1. The predicted octanol–water partition coefficient (Wildman–Crippen LogP) is 2.63. The first kappa shape index (κ1) is 11.7. The Morgan fingerprint density at radius 3 is 2.88 bits per heavy atom. The van der Waals surface area contributed by atoms with Crippen LogP contribution in [0.4, 0.5) is 0 Å². The van der Waals surface area contributed by atoms with E-state index in [0.717, 1.165) is 18.5 Å². The van der Waals surface area contributed by atoms with Crippen LogP contribution in [0.25, 0.3) is 0 Å². The minimum atomic E-state index is 0.802. The van der Waals surface area contributed by atoms with Crippen molar-refractivity contribution in [3.8, 4) is 0 Å². The van der Waals surface area contributed by atoms with Gasteiger partial charge in [0.2, 0.25) is 0 Å². The van der Waals surface area contributed by atoms with Crippen molar-refractivity contribution in [3.05, 3.63) is 34.3 Å². The predicted molar refractivity (Wildman–Crippen MR) is 73.9 cm³/mol. The van der Waals surface area contributed by atoms with E-state index in [9.17, 15) is 0 Å². The van der Waals surface area contributed by atoms with Gasteiger partial charge in [-0.3, -0.25) is 4.90 Å². The Morgan fingerprint density at radius 2 is 2.06 bits per heavy atom. The third kappa shape index (κ3) is 2.72. The highest BCUT2D eigenvalue weighted by Crippen LogP contribution is 2.25. The Bertz CT molecular complexity index is 376. The Hall–Kier alpha value is -0.380. The molecule has 3 rings (SSSR count). The number of benzene rings is 1. The SMILES string of the molecule is Brc1ccc(CN2CCC3NCCC3C2)cc1. The highest BCUT2D eigenvalue weighted by molar-refractivity contribution is 9.10. The van der Waals surface area contributed by atoms with Crippen LogP contribution in [-0.4, -0.2) is 30.6 Å². The molecule has 2 aliphatic heterocycles. The quantitative estimate of drug-likeness (QED) is 0.902. The Morgan fingerprint density at radius 1 is 1.24 bits per heavy atom. The molecule has 0 amide bonds. The van der Waals surface area contributed by atoms with Crippen LogP contribution in [0.1, 0.15) is 18.4 Å². The van der Waals surface area contributed by atoms with Crippen molar-refractivity contribution in [1.29, 1.82) is 0 Å². The molecule has 1 N–H and O–H groups in total. The summed E-state index contributed by atoms with van der Waals surface area (Å²) in [6.45, 7) is 4.84. The average molecular weight is 295 g/mol. The summed E-state index contributed by atoms with van der Waals surface area (Å²) in [6, 6.07) is 9.53. The van der Waals surface area contributed by atoms with Gasteiger partial charge in [0.05, 0.1) is 0 Å². The van der Waals surface area contributed by atoms with Crippen molar-refractivity contribution >= 4 is 15.9 Å². The van der Waals surface area contributed by atoms with Crippen LogP contribution in [0.15, 0.2) is 28.7 Å². The van der Waals surface area contributed by atoms with Gasteiger partial charge in [0.1, 0.15) is 0 Å². The molecule has 0 aromatic heterocycles. The molecule has 0 saturated carbocycles. The maximum Gasteiger partial charge on any atom is 0.0233 e. The monoisotopic (exact) mass is 294 g/mol. The van der Waals surface area contributed by atoms with Crippen LogP contribution in [0.2, 0.25) is 0 Å². The zero-order valence-corrected chi connectivity index (χ0v) is 11.6. The first-order valence-electron chi connectivity index (χ1n) is 6.51. The molecule has 2 fully saturated rings. The lowest BCUT2D eigenvalue weighted by atomic mass is 9.93. The van der Waals surface area contributed by atoms with Gasteiger partial charge in [-0.1, -0.05) is 28.1 Å². The van der Waals surface area contributed by atoms with Gasteiger partial charge in [0.25, 0.3) is 0 Å². The van der Waals surface area contributed by atoms with E-state index in [4.69, 9.17) is 0 Å². The molecule has 0 aliphatic carbocycles. The summed E-state index contributed by atoms with van der Waals surface area (Å²) in [5.41, 5.74) is 1.43. The van der Waals surface area contributed by atoms with Crippen molar-refractivity contribution < 1.29 is 0 Å². The van der Waals surface area contributed by atoms with Crippen LogP contribution in [0.5, 0.6) is 0 Å². The molecule has 2 nitrogen and oxygen atoms in total. The van der Waals surface area contributed by atoms with E-state index in [1.54, 1.807) is 0 Å². The van der Waals surface area contributed by atoms with E-state index in [-0.39, 0.29) is 0 Å². The molecule has 0 bridgehead atoms. The Balaban J connectivity index is 1.60. The number of rotatable bonds is 2. The molecule has 92 valence electrons. The van der Waals surface area contributed by atoms with Gasteiger partial charge in [-0.25, -0.2) is 0 Å². The summed E-state index contributed by atoms with van der Waals surface area (Å²) in [6.07, 6.45) is 2.68. The topological polar surface area (TPSA) is 15.3 Å². The summed E-state index contributed by atoms with van der Waals surface area (Å²) in [5, 5.41) is 3.62. The second kappa shape index (κ2) is 5.09. The van der Waals surface area contributed by atoms with Gasteiger partial charge in [-0.05, 0) is 49.5 Å². The van der Waals surface area contributed by atoms with E-state index < -0.39 is 0 Å². The molecule has 0 spiro atoms. The summed E-state index contributed by atoms with van der Waals surface area (Å²) >= 11 is 3.49. The van der Waals surface area contributed by atoms with Crippen molar-refractivity contribution in [2.45, 2.75) is 25.4 Å². The first-order valence-corrected chi connectivity index (χ1v) is 7.31. The number of fused-ring (bicyclic) bond motifs is 1. The molecule has 2 saturated heterocycles. The molecule has 2 aliphatic rings. The largest absolute Gasteiger partial charge is 0.314 e. The third-order valence-corrected chi connectivity index (χ3v) is 4.59. The summed E-state index contributed by atoms with van der Waals surface area (Å²) in [7, 11) is 0.